The molecule has 2 unspecified atom stereocenters. The van der Waals surface area contributed by atoms with Gasteiger partial charge in [0.2, 0.25) is 5.95 Å². The van der Waals surface area contributed by atoms with Gasteiger partial charge in [0.05, 0.1) is 11.0 Å². The van der Waals surface area contributed by atoms with Gasteiger partial charge in [0.1, 0.15) is 0 Å². The fourth-order valence-corrected chi connectivity index (χ4v) is 3.43. The van der Waals surface area contributed by atoms with Gasteiger partial charge in [-0.1, -0.05) is 25.8 Å². The van der Waals surface area contributed by atoms with E-state index in [1.54, 1.807) is 0 Å². The maximum absolute atomic E-state index is 6.11. The largest absolute Gasteiger partial charge is 0.369 e. The van der Waals surface area contributed by atoms with E-state index in [0.29, 0.717) is 5.95 Å². The molecule has 0 spiro atoms. The van der Waals surface area contributed by atoms with Crippen LogP contribution < -0.4 is 5.73 Å². The highest BCUT2D eigenvalue weighted by atomic mass is 15.2. The number of imidazole rings is 1. The Kier molecular flexibility index (Phi) is 3.21. The van der Waals surface area contributed by atoms with E-state index in [1.807, 2.05) is 0 Å². The molecule has 1 aliphatic rings. The third-order valence-corrected chi connectivity index (χ3v) is 4.42. The van der Waals surface area contributed by atoms with Gasteiger partial charge in [-0.3, -0.25) is 0 Å². The summed E-state index contributed by atoms with van der Waals surface area (Å²) in [7, 11) is 0. The van der Waals surface area contributed by atoms with Gasteiger partial charge in [0.15, 0.2) is 0 Å². The van der Waals surface area contributed by atoms with Crippen molar-refractivity contribution in [2.45, 2.75) is 46.1 Å². The van der Waals surface area contributed by atoms with E-state index in [9.17, 15) is 0 Å². The highest BCUT2D eigenvalue weighted by molar-refractivity contribution is 5.79. The van der Waals surface area contributed by atoms with Crippen LogP contribution >= 0.6 is 0 Å². The van der Waals surface area contributed by atoms with E-state index in [2.05, 4.69) is 41.6 Å². The summed E-state index contributed by atoms with van der Waals surface area (Å²) in [5, 5.41) is 0. The third-order valence-electron chi connectivity index (χ3n) is 4.42. The van der Waals surface area contributed by atoms with Crippen LogP contribution in [0.4, 0.5) is 5.95 Å². The molecule has 1 fully saturated rings. The summed E-state index contributed by atoms with van der Waals surface area (Å²) in [6.07, 6.45) is 5.40. The van der Waals surface area contributed by atoms with Crippen molar-refractivity contribution in [3.63, 3.8) is 0 Å². The predicted octanol–water partition coefficient (Wildman–Crippen LogP) is 3.75. The standard InChI is InChI=1S/C16H23N3/c1-11-4-3-5-13(8-11)10-19-15-9-12(2)6-7-14(15)18-16(19)17/h6-7,9,11,13H,3-5,8,10H2,1-2H3,(H2,17,18). The summed E-state index contributed by atoms with van der Waals surface area (Å²) in [5.74, 6) is 2.28. The first-order chi connectivity index (χ1) is 9.13. The van der Waals surface area contributed by atoms with Crippen LogP contribution in [0.1, 0.15) is 38.2 Å². The second kappa shape index (κ2) is 4.87. The molecular weight excluding hydrogens is 234 g/mol. The molecule has 102 valence electrons. The second-order valence-corrected chi connectivity index (χ2v) is 6.21. The summed E-state index contributed by atoms with van der Waals surface area (Å²) in [4.78, 5) is 4.48. The Hall–Kier alpha value is -1.51. The number of benzene rings is 1. The van der Waals surface area contributed by atoms with Crippen molar-refractivity contribution >= 4 is 17.0 Å². The number of fused-ring (bicyclic) bond motifs is 1. The molecule has 1 aromatic carbocycles. The lowest BCUT2D eigenvalue weighted by atomic mass is 9.82. The van der Waals surface area contributed by atoms with Gasteiger partial charge in [-0.2, -0.15) is 0 Å². The minimum atomic E-state index is 0.666. The van der Waals surface area contributed by atoms with Crippen molar-refractivity contribution in [1.82, 2.24) is 9.55 Å². The van der Waals surface area contributed by atoms with Crippen LogP contribution in [0, 0.1) is 18.8 Å². The van der Waals surface area contributed by atoms with E-state index >= 15 is 0 Å². The number of hydrogen-bond donors (Lipinski definition) is 1. The number of nitrogens with zero attached hydrogens (tertiary/aromatic N) is 2. The molecule has 19 heavy (non-hydrogen) atoms. The van der Waals surface area contributed by atoms with Crippen molar-refractivity contribution in [3.05, 3.63) is 23.8 Å². The van der Waals surface area contributed by atoms with Gasteiger partial charge in [0, 0.05) is 6.54 Å². The normalized spacial score (nSPS) is 23.9. The Morgan fingerprint density at radius 2 is 2.21 bits per heavy atom. The molecule has 0 amide bonds. The number of aromatic nitrogens is 2. The van der Waals surface area contributed by atoms with E-state index in [1.165, 1.54) is 36.8 Å². The molecule has 0 saturated heterocycles. The zero-order valence-electron chi connectivity index (χ0n) is 11.9. The smallest absolute Gasteiger partial charge is 0.201 e. The third kappa shape index (κ3) is 2.46. The van der Waals surface area contributed by atoms with Crippen molar-refractivity contribution in [3.8, 4) is 0 Å². The number of anilines is 1. The van der Waals surface area contributed by atoms with Crippen LogP contribution in [-0.2, 0) is 6.54 Å². The summed E-state index contributed by atoms with van der Waals surface area (Å²) >= 11 is 0. The van der Waals surface area contributed by atoms with Crippen molar-refractivity contribution in [2.75, 3.05) is 5.73 Å². The Balaban J connectivity index is 1.91. The topological polar surface area (TPSA) is 43.8 Å². The zero-order chi connectivity index (χ0) is 13.4. The highest BCUT2D eigenvalue weighted by Crippen LogP contribution is 2.31. The monoisotopic (exact) mass is 257 g/mol. The summed E-state index contributed by atoms with van der Waals surface area (Å²) < 4.78 is 2.21. The molecule has 0 bridgehead atoms. The summed E-state index contributed by atoms with van der Waals surface area (Å²) in [5.41, 5.74) is 9.59. The quantitative estimate of drug-likeness (QED) is 0.890. The van der Waals surface area contributed by atoms with Crippen LogP contribution in [0.15, 0.2) is 18.2 Å². The second-order valence-electron chi connectivity index (χ2n) is 6.21. The maximum Gasteiger partial charge on any atom is 0.201 e. The van der Waals surface area contributed by atoms with Gasteiger partial charge in [-0.25, -0.2) is 4.98 Å². The fraction of sp³-hybridized carbons (Fsp3) is 0.562. The minimum Gasteiger partial charge on any atom is -0.369 e. The molecule has 1 aliphatic carbocycles. The van der Waals surface area contributed by atoms with Crippen molar-refractivity contribution in [1.29, 1.82) is 0 Å². The Bertz CT molecular complexity index is 585. The lowest BCUT2D eigenvalue weighted by Crippen LogP contribution is -2.19. The lowest BCUT2D eigenvalue weighted by Gasteiger charge is -2.27. The molecule has 2 N–H and O–H groups in total. The van der Waals surface area contributed by atoms with Crippen LogP contribution in [0.3, 0.4) is 0 Å². The Morgan fingerprint density at radius 1 is 1.37 bits per heavy atom. The van der Waals surface area contributed by atoms with Gasteiger partial charge in [-0.05, 0) is 49.3 Å². The molecule has 2 atom stereocenters. The summed E-state index contributed by atoms with van der Waals surface area (Å²) in [6.45, 7) is 5.51. The fourth-order valence-electron chi connectivity index (χ4n) is 3.43. The molecule has 0 radical (unpaired) electrons. The van der Waals surface area contributed by atoms with Crippen LogP contribution in [0.5, 0.6) is 0 Å². The first kappa shape index (κ1) is 12.5. The minimum absolute atomic E-state index is 0.666. The molecule has 3 rings (SSSR count). The van der Waals surface area contributed by atoms with E-state index < -0.39 is 0 Å². The van der Waals surface area contributed by atoms with Crippen molar-refractivity contribution < 1.29 is 0 Å². The van der Waals surface area contributed by atoms with Crippen LogP contribution in [-0.4, -0.2) is 9.55 Å². The SMILES string of the molecule is Cc1ccc2nc(N)n(CC3CCCC(C)C3)c2c1. The average Bonchev–Trinajstić information content (AvgIpc) is 2.66. The van der Waals surface area contributed by atoms with Gasteiger partial charge in [-0.15, -0.1) is 0 Å². The highest BCUT2D eigenvalue weighted by Gasteiger charge is 2.21. The Labute approximate surface area is 114 Å². The number of hydrogen-bond acceptors (Lipinski definition) is 2. The van der Waals surface area contributed by atoms with Crippen LogP contribution in [0.2, 0.25) is 0 Å². The lowest BCUT2D eigenvalue weighted by molar-refractivity contribution is 0.259. The average molecular weight is 257 g/mol. The maximum atomic E-state index is 6.11. The number of rotatable bonds is 2. The molecule has 2 aromatic rings. The van der Waals surface area contributed by atoms with Gasteiger partial charge < -0.3 is 10.3 Å². The predicted molar refractivity (Wildman–Crippen MR) is 80.0 cm³/mol. The molecule has 3 heteroatoms. The molecule has 0 aliphatic heterocycles. The number of nitrogen functional groups attached to an aromatic ring is 1. The van der Waals surface area contributed by atoms with E-state index in [-0.39, 0.29) is 0 Å². The number of aryl methyl sites for hydroxylation is 1. The molecular formula is C16H23N3. The summed E-state index contributed by atoms with van der Waals surface area (Å²) in [6, 6.07) is 6.37. The molecule has 3 nitrogen and oxygen atoms in total. The van der Waals surface area contributed by atoms with Gasteiger partial charge >= 0.3 is 0 Å². The molecule has 1 saturated carbocycles. The van der Waals surface area contributed by atoms with E-state index in [0.717, 1.165) is 23.9 Å². The first-order valence-electron chi connectivity index (χ1n) is 7.36. The van der Waals surface area contributed by atoms with E-state index in [4.69, 9.17) is 5.73 Å². The number of nitrogens with two attached hydrogens (primary N) is 1. The van der Waals surface area contributed by atoms with Crippen LogP contribution in [0.25, 0.3) is 11.0 Å². The first-order valence-corrected chi connectivity index (χ1v) is 7.36. The van der Waals surface area contributed by atoms with Gasteiger partial charge in [0.25, 0.3) is 0 Å². The molecule has 1 aromatic heterocycles. The zero-order valence-corrected chi connectivity index (χ0v) is 11.9. The Morgan fingerprint density at radius 3 is 3.00 bits per heavy atom. The molecule has 1 heterocycles. The van der Waals surface area contributed by atoms with Crippen molar-refractivity contribution in [2.24, 2.45) is 11.8 Å².